The van der Waals surface area contributed by atoms with Crippen molar-refractivity contribution in [2.75, 3.05) is 13.1 Å². The lowest BCUT2D eigenvalue weighted by Crippen LogP contribution is -2.35. The maximum absolute atomic E-state index is 13.3. The molecule has 0 bridgehead atoms. The number of ketones is 1. The second-order valence-corrected chi connectivity index (χ2v) is 6.48. The molecule has 1 saturated heterocycles. The first kappa shape index (κ1) is 14.2. The van der Waals surface area contributed by atoms with Crippen LogP contribution in [0.1, 0.15) is 22.3 Å². The topological polar surface area (TPSA) is 44.9 Å². The van der Waals surface area contributed by atoms with Crippen molar-refractivity contribution in [3.8, 4) is 0 Å². The van der Waals surface area contributed by atoms with Crippen LogP contribution in [0.15, 0.2) is 60.8 Å². The SMILES string of the molecule is O=C(c1ccc2[nH]ccc2c1)C1(Cc2ccccc2)CCNC1. The van der Waals surface area contributed by atoms with E-state index in [2.05, 4.69) is 22.4 Å². The Morgan fingerprint density at radius 1 is 1.09 bits per heavy atom. The van der Waals surface area contributed by atoms with Crippen molar-refractivity contribution in [2.24, 2.45) is 5.41 Å². The number of hydrogen-bond donors (Lipinski definition) is 2. The number of carbonyl (C=O) groups is 1. The Balaban J connectivity index is 1.70. The number of aromatic amines is 1. The van der Waals surface area contributed by atoms with Gasteiger partial charge in [0.05, 0.1) is 5.41 Å². The highest BCUT2D eigenvalue weighted by Gasteiger charge is 2.41. The average molecular weight is 304 g/mol. The standard InChI is InChI=1S/C20H20N2O/c23-19(17-6-7-18-16(12-17)8-10-22-18)20(9-11-21-14-20)13-15-4-2-1-3-5-15/h1-8,10,12,21-22H,9,11,13-14H2. The van der Waals surface area contributed by atoms with Crippen LogP contribution in [-0.4, -0.2) is 23.9 Å². The van der Waals surface area contributed by atoms with Crippen LogP contribution in [0.3, 0.4) is 0 Å². The van der Waals surface area contributed by atoms with Crippen LogP contribution in [-0.2, 0) is 6.42 Å². The van der Waals surface area contributed by atoms with E-state index in [1.807, 2.05) is 48.7 Å². The van der Waals surface area contributed by atoms with E-state index in [0.29, 0.717) is 0 Å². The second kappa shape index (κ2) is 5.67. The van der Waals surface area contributed by atoms with E-state index in [-0.39, 0.29) is 11.2 Å². The summed E-state index contributed by atoms with van der Waals surface area (Å²) in [4.78, 5) is 16.5. The highest BCUT2D eigenvalue weighted by atomic mass is 16.1. The molecule has 1 unspecified atom stereocenters. The molecule has 2 aromatic carbocycles. The first-order valence-corrected chi connectivity index (χ1v) is 8.13. The van der Waals surface area contributed by atoms with Gasteiger partial charge in [-0.2, -0.15) is 0 Å². The van der Waals surface area contributed by atoms with Gasteiger partial charge in [0.2, 0.25) is 0 Å². The lowest BCUT2D eigenvalue weighted by molar-refractivity contribution is 0.0816. The third-order valence-electron chi connectivity index (χ3n) is 4.93. The lowest BCUT2D eigenvalue weighted by atomic mass is 9.74. The molecule has 1 aliphatic heterocycles. The molecule has 1 aliphatic rings. The summed E-state index contributed by atoms with van der Waals surface area (Å²) < 4.78 is 0. The lowest BCUT2D eigenvalue weighted by Gasteiger charge is -2.27. The minimum atomic E-state index is -0.328. The number of carbonyl (C=O) groups excluding carboxylic acids is 1. The molecule has 3 nitrogen and oxygen atoms in total. The summed E-state index contributed by atoms with van der Waals surface area (Å²) in [5.41, 5.74) is 2.79. The molecule has 0 saturated carbocycles. The van der Waals surface area contributed by atoms with Gasteiger partial charge in [0.1, 0.15) is 0 Å². The van der Waals surface area contributed by atoms with E-state index in [4.69, 9.17) is 0 Å². The molecule has 23 heavy (non-hydrogen) atoms. The number of hydrogen-bond acceptors (Lipinski definition) is 2. The van der Waals surface area contributed by atoms with Crippen LogP contribution >= 0.6 is 0 Å². The predicted octanol–water partition coefficient (Wildman–Crippen LogP) is 3.57. The minimum absolute atomic E-state index is 0.259. The number of aromatic nitrogens is 1. The van der Waals surface area contributed by atoms with Gasteiger partial charge in [-0.25, -0.2) is 0 Å². The number of H-pyrrole nitrogens is 1. The molecule has 116 valence electrons. The molecule has 0 spiro atoms. The molecule has 0 radical (unpaired) electrons. The summed E-state index contributed by atoms with van der Waals surface area (Å²) in [7, 11) is 0. The van der Waals surface area contributed by atoms with Crippen molar-refractivity contribution >= 4 is 16.7 Å². The van der Waals surface area contributed by atoms with Gasteiger partial charge in [0.15, 0.2) is 5.78 Å². The van der Waals surface area contributed by atoms with Crippen molar-refractivity contribution in [1.82, 2.24) is 10.3 Å². The summed E-state index contributed by atoms with van der Waals surface area (Å²) in [6, 6.07) is 18.3. The first-order valence-electron chi connectivity index (χ1n) is 8.13. The zero-order chi connectivity index (χ0) is 15.7. The van der Waals surface area contributed by atoms with E-state index in [1.165, 1.54) is 5.56 Å². The fourth-order valence-corrected chi connectivity index (χ4v) is 3.66. The van der Waals surface area contributed by atoms with Gasteiger partial charge in [0, 0.05) is 29.2 Å². The highest BCUT2D eigenvalue weighted by Crippen LogP contribution is 2.34. The molecule has 3 aromatic rings. The van der Waals surface area contributed by atoms with Crippen LogP contribution in [0.2, 0.25) is 0 Å². The molecule has 4 rings (SSSR count). The number of nitrogens with one attached hydrogen (secondary N) is 2. The third kappa shape index (κ3) is 2.57. The van der Waals surface area contributed by atoms with Crippen LogP contribution < -0.4 is 5.32 Å². The largest absolute Gasteiger partial charge is 0.361 e. The number of rotatable bonds is 4. The molecule has 1 aromatic heterocycles. The summed E-state index contributed by atoms with van der Waals surface area (Å²) in [6.07, 6.45) is 3.60. The predicted molar refractivity (Wildman–Crippen MR) is 92.7 cm³/mol. The van der Waals surface area contributed by atoms with Crippen LogP contribution in [0.5, 0.6) is 0 Å². The van der Waals surface area contributed by atoms with Gasteiger partial charge in [-0.05, 0) is 49.2 Å². The van der Waals surface area contributed by atoms with Crippen molar-refractivity contribution in [1.29, 1.82) is 0 Å². The number of benzene rings is 2. The summed E-state index contributed by atoms with van der Waals surface area (Å²) in [6.45, 7) is 1.66. The smallest absolute Gasteiger partial charge is 0.170 e. The van der Waals surface area contributed by atoms with E-state index in [0.717, 1.165) is 42.4 Å². The van der Waals surface area contributed by atoms with E-state index in [9.17, 15) is 4.79 Å². The summed E-state index contributed by atoms with van der Waals surface area (Å²) >= 11 is 0. The molecule has 1 atom stereocenters. The molecule has 0 aliphatic carbocycles. The summed E-state index contributed by atoms with van der Waals surface area (Å²) in [5.74, 6) is 0.259. The van der Waals surface area contributed by atoms with Crippen LogP contribution in [0, 0.1) is 5.41 Å². The molecule has 3 heteroatoms. The zero-order valence-electron chi connectivity index (χ0n) is 13.0. The highest BCUT2D eigenvalue weighted by molar-refractivity contribution is 6.03. The van der Waals surface area contributed by atoms with E-state index < -0.39 is 0 Å². The van der Waals surface area contributed by atoms with Gasteiger partial charge < -0.3 is 10.3 Å². The van der Waals surface area contributed by atoms with Gasteiger partial charge in [-0.15, -0.1) is 0 Å². The summed E-state index contributed by atoms with van der Waals surface area (Å²) in [5, 5.41) is 4.48. The van der Waals surface area contributed by atoms with Crippen molar-refractivity contribution in [3.05, 3.63) is 71.9 Å². The van der Waals surface area contributed by atoms with Gasteiger partial charge in [-0.1, -0.05) is 30.3 Å². The molecule has 2 heterocycles. The molecular weight excluding hydrogens is 284 g/mol. The monoisotopic (exact) mass is 304 g/mol. The maximum atomic E-state index is 13.3. The van der Waals surface area contributed by atoms with Gasteiger partial charge in [0.25, 0.3) is 0 Å². The molecule has 1 fully saturated rings. The Morgan fingerprint density at radius 3 is 2.74 bits per heavy atom. The fraction of sp³-hybridized carbons (Fsp3) is 0.250. The Morgan fingerprint density at radius 2 is 1.96 bits per heavy atom. The average Bonchev–Trinajstić information content (AvgIpc) is 3.24. The fourth-order valence-electron chi connectivity index (χ4n) is 3.66. The Hall–Kier alpha value is -2.39. The Labute approximate surface area is 135 Å². The Kier molecular flexibility index (Phi) is 3.50. The van der Waals surface area contributed by atoms with E-state index in [1.54, 1.807) is 0 Å². The molecule has 0 amide bonds. The van der Waals surface area contributed by atoms with E-state index >= 15 is 0 Å². The first-order chi connectivity index (χ1) is 11.3. The maximum Gasteiger partial charge on any atom is 0.170 e. The minimum Gasteiger partial charge on any atom is -0.361 e. The van der Waals surface area contributed by atoms with Crippen molar-refractivity contribution in [2.45, 2.75) is 12.8 Å². The second-order valence-electron chi connectivity index (χ2n) is 6.48. The Bertz CT molecular complexity index is 829. The quantitative estimate of drug-likeness (QED) is 0.724. The number of fused-ring (bicyclic) bond motifs is 1. The van der Waals surface area contributed by atoms with Gasteiger partial charge >= 0.3 is 0 Å². The van der Waals surface area contributed by atoms with Crippen LogP contribution in [0.4, 0.5) is 0 Å². The zero-order valence-corrected chi connectivity index (χ0v) is 13.0. The van der Waals surface area contributed by atoms with Crippen LogP contribution in [0.25, 0.3) is 10.9 Å². The molecular formula is C20H20N2O. The molecule has 2 N–H and O–H groups in total. The van der Waals surface area contributed by atoms with Crippen molar-refractivity contribution < 1.29 is 4.79 Å². The van der Waals surface area contributed by atoms with Crippen molar-refractivity contribution in [3.63, 3.8) is 0 Å². The number of Topliss-reactive ketones (excluding diaryl/α,β-unsaturated/α-hetero) is 1. The normalized spacial score (nSPS) is 20.9. The third-order valence-corrected chi connectivity index (χ3v) is 4.93. The van der Waals surface area contributed by atoms with Gasteiger partial charge in [-0.3, -0.25) is 4.79 Å².